The lowest BCUT2D eigenvalue weighted by molar-refractivity contribution is -0.111. The number of hydrogen-bond donors (Lipinski definition) is 1. The molecule has 0 bridgehead atoms. The molecule has 0 spiro atoms. The molecule has 0 atom stereocenters. The van der Waals surface area contributed by atoms with Gasteiger partial charge in [0.1, 0.15) is 12.4 Å². The summed E-state index contributed by atoms with van der Waals surface area (Å²) >= 11 is 3.12. The molecule has 6 nitrogen and oxygen atoms in total. The van der Waals surface area contributed by atoms with Crippen LogP contribution in [-0.4, -0.2) is 20.4 Å². The maximum atomic E-state index is 12.5. The molecule has 0 aliphatic carbocycles. The molecule has 2 heterocycles. The SMILES string of the molecule is Cc1nc(COc2ccc(/C=C/C(=O)Nc3ccccc3Sc3nccn3C)cc2)cs1. The number of carbonyl (C=O) groups excluding carboxylic acids is 1. The number of ether oxygens (including phenoxy) is 1. The molecule has 1 amide bonds. The smallest absolute Gasteiger partial charge is 0.248 e. The van der Waals surface area contributed by atoms with Crippen LogP contribution in [0.2, 0.25) is 0 Å². The van der Waals surface area contributed by atoms with E-state index in [1.54, 1.807) is 23.6 Å². The van der Waals surface area contributed by atoms with Crippen molar-refractivity contribution in [1.29, 1.82) is 0 Å². The number of rotatable bonds is 8. The summed E-state index contributed by atoms with van der Waals surface area (Å²) in [6.07, 6.45) is 6.94. The number of hydrogen-bond acceptors (Lipinski definition) is 6. The molecule has 32 heavy (non-hydrogen) atoms. The van der Waals surface area contributed by atoms with Gasteiger partial charge in [-0.1, -0.05) is 24.3 Å². The number of para-hydroxylation sites is 1. The Balaban J connectivity index is 1.34. The molecule has 0 unspecified atom stereocenters. The second-order valence-electron chi connectivity index (χ2n) is 6.96. The van der Waals surface area contributed by atoms with Crippen molar-refractivity contribution in [2.24, 2.45) is 7.05 Å². The molecule has 4 aromatic rings. The number of imidazole rings is 1. The van der Waals surface area contributed by atoms with Gasteiger partial charge in [-0.15, -0.1) is 11.3 Å². The fourth-order valence-corrected chi connectivity index (χ4v) is 4.35. The first-order valence-corrected chi connectivity index (χ1v) is 11.6. The highest BCUT2D eigenvalue weighted by Gasteiger charge is 2.09. The van der Waals surface area contributed by atoms with Gasteiger partial charge in [-0.05, 0) is 54.6 Å². The lowest BCUT2D eigenvalue weighted by atomic mass is 10.2. The van der Waals surface area contributed by atoms with Gasteiger partial charge in [-0.3, -0.25) is 4.79 Å². The fourth-order valence-electron chi connectivity index (χ4n) is 2.86. The van der Waals surface area contributed by atoms with Crippen LogP contribution in [-0.2, 0) is 18.4 Å². The second-order valence-corrected chi connectivity index (χ2v) is 9.03. The summed E-state index contributed by atoms with van der Waals surface area (Å²) < 4.78 is 7.70. The van der Waals surface area contributed by atoms with Gasteiger partial charge >= 0.3 is 0 Å². The van der Waals surface area contributed by atoms with Gasteiger partial charge in [0.25, 0.3) is 0 Å². The van der Waals surface area contributed by atoms with Gasteiger partial charge in [-0.2, -0.15) is 0 Å². The average Bonchev–Trinajstić information content (AvgIpc) is 3.40. The normalized spacial score (nSPS) is 11.1. The van der Waals surface area contributed by atoms with E-state index < -0.39 is 0 Å². The van der Waals surface area contributed by atoms with Crippen molar-refractivity contribution < 1.29 is 9.53 Å². The maximum Gasteiger partial charge on any atom is 0.248 e. The molecule has 0 fully saturated rings. The number of amides is 1. The Morgan fingerprint density at radius 2 is 2.03 bits per heavy atom. The number of benzene rings is 2. The van der Waals surface area contributed by atoms with E-state index in [1.807, 2.05) is 78.6 Å². The summed E-state index contributed by atoms with van der Waals surface area (Å²) in [6, 6.07) is 15.3. The van der Waals surface area contributed by atoms with Gasteiger partial charge in [0.2, 0.25) is 5.91 Å². The first-order chi connectivity index (χ1) is 15.6. The Bertz CT molecular complexity index is 1230. The zero-order valence-electron chi connectivity index (χ0n) is 17.7. The van der Waals surface area contributed by atoms with Crippen LogP contribution < -0.4 is 10.1 Å². The monoisotopic (exact) mass is 462 g/mol. The molecule has 2 aromatic carbocycles. The molecule has 4 rings (SSSR count). The van der Waals surface area contributed by atoms with E-state index in [9.17, 15) is 4.79 Å². The number of thiazole rings is 1. The van der Waals surface area contributed by atoms with Gasteiger partial charge in [0, 0.05) is 35.8 Å². The largest absolute Gasteiger partial charge is 0.487 e. The first kappa shape index (κ1) is 21.9. The highest BCUT2D eigenvalue weighted by atomic mass is 32.2. The molecule has 0 aliphatic heterocycles. The van der Waals surface area contributed by atoms with Gasteiger partial charge < -0.3 is 14.6 Å². The predicted molar refractivity (Wildman–Crippen MR) is 129 cm³/mol. The highest BCUT2D eigenvalue weighted by Crippen LogP contribution is 2.32. The van der Waals surface area contributed by atoms with Crippen LogP contribution in [0.5, 0.6) is 5.75 Å². The quantitative estimate of drug-likeness (QED) is 0.347. The van der Waals surface area contributed by atoms with Crippen LogP contribution in [0.1, 0.15) is 16.3 Å². The Kier molecular flexibility index (Phi) is 7.03. The van der Waals surface area contributed by atoms with E-state index in [0.717, 1.165) is 37.8 Å². The minimum Gasteiger partial charge on any atom is -0.487 e. The summed E-state index contributed by atoms with van der Waals surface area (Å²) in [5, 5.41) is 6.83. The van der Waals surface area contributed by atoms with Crippen molar-refractivity contribution in [2.75, 3.05) is 5.32 Å². The number of carbonyl (C=O) groups is 1. The summed E-state index contributed by atoms with van der Waals surface area (Å²) in [5.41, 5.74) is 2.58. The summed E-state index contributed by atoms with van der Waals surface area (Å²) in [5.74, 6) is 0.564. The molecular formula is C24H22N4O2S2. The zero-order valence-corrected chi connectivity index (χ0v) is 19.3. The van der Waals surface area contributed by atoms with E-state index >= 15 is 0 Å². The third kappa shape index (κ3) is 5.87. The van der Waals surface area contributed by atoms with E-state index in [-0.39, 0.29) is 5.91 Å². The van der Waals surface area contributed by atoms with Crippen LogP contribution >= 0.6 is 23.1 Å². The minimum absolute atomic E-state index is 0.197. The zero-order chi connectivity index (χ0) is 22.3. The first-order valence-electron chi connectivity index (χ1n) is 9.94. The number of anilines is 1. The van der Waals surface area contributed by atoms with Gasteiger partial charge in [0.15, 0.2) is 5.16 Å². The molecule has 0 aliphatic rings. The Morgan fingerprint density at radius 3 is 2.75 bits per heavy atom. The molecule has 2 aromatic heterocycles. The van der Waals surface area contributed by atoms with Crippen molar-refractivity contribution in [1.82, 2.24) is 14.5 Å². The molecule has 0 radical (unpaired) electrons. The summed E-state index contributed by atoms with van der Waals surface area (Å²) in [6.45, 7) is 2.42. The van der Waals surface area contributed by atoms with Crippen molar-refractivity contribution in [2.45, 2.75) is 23.6 Å². The van der Waals surface area contributed by atoms with Crippen LogP contribution in [0.25, 0.3) is 6.08 Å². The predicted octanol–water partition coefficient (Wildman–Crippen LogP) is 5.57. The van der Waals surface area contributed by atoms with Crippen LogP contribution in [0.4, 0.5) is 5.69 Å². The molecule has 1 N–H and O–H groups in total. The Hall–Kier alpha value is -3.36. The Labute approximate surface area is 195 Å². The van der Waals surface area contributed by atoms with Crippen molar-refractivity contribution in [3.8, 4) is 5.75 Å². The molecule has 162 valence electrons. The van der Waals surface area contributed by atoms with E-state index in [1.165, 1.54) is 17.8 Å². The maximum absolute atomic E-state index is 12.5. The number of nitrogens with zero attached hydrogens (tertiary/aromatic N) is 3. The van der Waals surface area contributed by atoms with Crippen molar-refractivity contribution >= 4 is 40.8 Å². The van der Waals surface area contributed by atoms with Gasteiger partial charge in [0.05, 0.1) is 16.4 Å². The van der Waals surface area contributed by atoms with E-state index in [2.05, 4.69) is 15.3 Å². The standard InChI is InChI=1S/C24H22N4O2S2/c1-17-26-19(16-31-17)15-30-20-10-7-18(8-11-20)9-12-23(29)27-21-5-3-4-6-22(21)32-24-25-13-14-28(24)2/h3-14,16H,15H2,1-2H3,(H,27,29)/b12-9+. The second kappa shape index (κ2) is 10.3. The summed E-state index contributed by atoms with van der Waals surface area (Å²) in [4.78, 5) is 22.1. The van der Waals surface area contributed by atoms with Crippen LogP contribution in [0, 0.1) is 6.92 Å². The topological polar surface area (TPSA) is 69.0 Å². The van der Waals surface area contributed by atoms with Crippen LogP contribution in [0.3, 0.4) is 0 Å². The average molecular weight is 463 g/mol. The van der Waals surface area contributed by atoms with Gasteiger partial charge in [-0.25, -0.2) is 9.97 Å². The van der Waals surface area contributed by atoms with Crippen LogP contribution in [0.15, 0.2) is 82.4 Å². The number of nitrogens with one attached hydrogen (secondary N) is 1. The molecule has 0 saturated heterocycles. The fraction of sp³-hybridized carbons (Fsp3) is 0.125. The Morgan fingerprint density at radius 1 is 1.22 bits per heavy atom. The molecule has 0 saturated carbocycles. The molecule has 8 heteroatoms. The van der Waals surface area contributed by atoms with E-state index in [4.69, 9.17) is 4.74 Å². The minimum atomic E-state index is -0.197. The van der Waals surface area contributed by atoms with Crippen molar-refractivity contribution in [3.63, 3.8) is 0 Å². The van der Waals surface area contributed by atoms with Crippen molar-refractivity contribution in [3.05, 3.63) is 88.6 Å². The number of aryl methyl sites for hydroxylation is 2. The third-order valence-electron chi connectivity index (χ3n) is 4.48. The third-order valence-corrected chi connectivity index (χ3v) is 6.46. The lowest BCUT2D eigenvalue weighted by Crippen LogP contribution is -2.08. The van der Waals surface area contributed by atoms with E-state index in [0.29, 0.717) is 6.61 Å². The lowest BCUT2D eigenvalue weighted by Gasteiger charge is -2.09. The highest BCUT2D eigenvalue weighted by molar-refractivity contribution is 7.99. The number of aromatic nitrogens is 3. The summed E-state index contributed by atoms with van der Waals surface area (Å²) in [7, 11) is 1.94. The molecular weight excluding hydrogens is 440 g/mol.